The van der Waals surface area contributed by atoms with Gasteiger partial charge in [-0.2, -0.15) is 0 Å². The molecule has 3 rings (SSSR count). The zero-order valence-electron chi connectivity index (χ0n) is 12.8. The molecule has 0 aliphatic rings. The van der Waals surface area contributed by atoms with Gasteiger partial charge in [0.1, 0.15) is 5.65 Å². The van der Waals surface area contributed by atoms with Gasteiger partial charge in [-0.25, -0.2) is 9.78 Å². The number of anilines is 2. The molecule has 24 heavy (non-hydrogen) atoms. The molecule has 0 bridgehead atoms. The van der Waals surface area contributed by atoms with Gasteiger partial charge in [0, 0.05) is 11.8 Å². The lowest BCUT2D eigenvalue weighted by molar-refractivity contribution is -0.385. The molecule has 0 saturated carbocycles. The molecule has 8 nitrogen and oxygen atoms in total. The van der Waals surface area contributed by atoms with Gasteiger partial charge >= 0.3 is 5.97 Å². The van der Waals surface area contributed by atoms with Crippen LogP contribution in [0.4, 0.5) is 17.2 Å². The second kappa shape index (κ2) is 6.37. The highest BCUT2D eigenvalue weighted by Crippen LogP contribution is 2.25. The maximum Gasteiger partial charge on any atom is 0.359 e. The van der Waals surface area contributed by atoms with Crippen molar-refractivity contribution >= 4 is 28.8 Å². The summed E-state index contributed by atoms with van der Waals surface area (Å²) in [5, 5.41) is 14.0. The summed E-state index contributed by atoms with van der Waals surface area (Å²) >= 11 is 0. The lowest BCUT2D eigenvalue weighted by Gasteiger charge is -2.06. The molecule has 1 N–H and O–H groups in total. The fourth-order valence-corrected chi connectivity index (χ4v) is 2.28. The van der Waals surface area contributed by atoms with Crippen LogP contribution in [0.3, 0.4) is 0 Å². The Kier molecular flexibility index (Phi) is 4.11. The topological polar surface area (TPSA) is 98.8 Å². The predicted octanol–water partition coefficient (Wildman–Crippen LogP) is 3.16. The van der Waals surface area contributed by atoms with Gasteiger partial charge in [-0.1, -0.05) is 18.2 Å². The molecule has 0 amide bonds. The van der Waals surface area contributed by atoms with E-state index in [0.29, 0.717) is 5.65 Å². The smallest absolute Gasteiger partial charge is 0.359 e. The van der Waals surface area contributed by atoms with Crippen LogP contribution in [0.25, 0.3) is 5.65 Å². The van der Waals surface area contributed by atoms with E-state index in [1.165, 1.54) is 22.7 Å². The van der Waals surface area contributed by atoms with E-state index in [2.05, 4.69) is 10.3 Å². The number of hydrogen-bond donors (Lipinski definition) is 1. The Morgan fingerprint density at radius 1 is 1.29 bits per heavy atom. The van der Waals surface area contributed by atoms with E-state index >= 15 is 0 Å². The summed E-state index contributed by atoms with van der Waals surface area (Å²) in [7, 11) is 0. The van der Waals surface area contributed by atoms with Crippen LogP contribution in [0.15, 0.2) is 48.7 Å². The minimum Gasteiger partial charge on any atom is -0.461 e. The highest BCUT2D eigenvalue weighted by atomic mass is 16.6. The van der Waals surface area contributed by atoms with Crippen LogP contribution < -0.4 is 5.32 Å². The molecule has 2 heterocycles. The van der Waals surface area contributed by atoms with Gasteiger partial charge in [0.25, 0.3) is 5.69 Å². The number of nitrogens with zero attached hydrogens (tertiary/aromatic N) is 3. The average Bonchev–Trinajstić information content (AvgIpc) is 2.92. The fraction of sp³-hybridized carbons (Fsp3) is 0.125. The van der Waals surface area contributed by atoms with Crippen molar-refractivity contribution in [1.82, 2.24) is 9.38 Å². The summed E-state index contributed by atoms with van der Waals surface area (Å²) in [6.07, 6.45) is 1.25. The van der Waals surface area contributed by atoms with Crippen LogP contribution >= 0.6 is 0 Å². The molecule has 3 aromatic rings. The zero-order valence-corrected chi connectivity index (χ0v) is 12.8. The van der Waals surface area contributed by atoms with Gasteiger partial charge < -0.3 is 10.1 Å². The fourth-order valence-electron chi connectivity index (χ4n) is 2.28. The zero-order chi connectivity index (χ0) is 17.1. The average molecular weight is 326 g/mol. The molecule has 0 saturated heterocycles. The Bertz CT molecular complexity index is 905. The molecular weight excluding hydrogens is 312 g/mol. The number of hydrogen-bond acceptors (Lipinski definition) is 6. The minimum atomic E-state index is -0.607. The summed E-state index contributed by atoms with van der Waals surface area (Å²) in [6, 6.07) is 12.0. The number of ether oxygens (including phenoxy) is 1. The van der Waals surface area contributed by atoms with E-state index < -0.39 is 10.9 Å². The summed E-state index contributed by atoms with van der Waals surface area (Å²) in [6.45, 7) is 1.87. The third-order valence-electron chi connectivity index (χ3n) is 3.32. The van der Waals surface area contributed by atoms with E-state index in [4.69, 9.17) is 4.74 Å². The van der Waals surface area contributed by atoms with Gasteiger partial charge in [0.05, 0.1) is 17.7 Å². The first-order valence-corrected chi connectivity index (χ1v) is 7.26. The highest BCUT2D eigenvalue weighted by molar-refractivity contribution is 5.95. The second-order valence-corrected chi connectivity index (χ2v) is 4.89. The predicted molar refractivity (Wildman–Crippen MR) is 87.5 cm³/mol. The second-order valence-electron chi connectivity index (χ2n) is 4.89. The molecule has 2 aromatic heterocycles. The number of aromatic nitrogens is 2. The van der Waals surface area contributed by atoms with Gasteiger partial charge in [-0.15, -0.1) is 0 Å². The van der Waals surface area contributed by atoms with Crippen molar-refractivity contribution in [1.29, 1.82) is 0 Å². The molecule has 0 spiro atoms. The Morgan fingerprint density at radius 3 is 2.71 bits per heavy atom. The van der Waals surface area contributed by atoms with Crippen molar-refractivity contribution in [2.75, 3.05) is 11.9 Å². The summed E-state index contributed by atoms with van der Waals surface area (Å²) in [4.78, 5) is 27.1. The van der Waals surface area contributed by atoms with Crippen molar-refractivity contribution in [2.24, 2.45) is 0 Å². The van der Waals surface area contributed by atoms with Crippen LogP contribution in [0.1, 0.15) is 17.4 Å². The number of benzene rings is 1. The first-order valence-electron chi connectivity index (χ1n) is 7.26. The molecule has 0 unspecified atom stereocenters. The number of carbonyl (C=O) groups is 1. The Morgan fingerprint density at radius 2 is 2.04 bits per heavy atom. The van der Waals surface area contributed by atoms with Crippen molar-refractivity contribution in [2.45, 2.75) is 6.92 Å². The van der Waals surface area contributed by atoms with Crippen LogP contribution in [0.5, 0.6) is 0 Å². The number of nitro groups is 1. The van der Waals surface area contributed by atoms with Gasteiger partial charge in [-0.05, 0) is 25.1 Å². The van der Waals surface area contributed by atoms with E-state index in [1.54, 1.807) is 6.92 Å². The summed E-state index contributed by atoms with van der Waals surface area (Å²) in [5.74, 6) is -0.330. The van der Waals surface area contributed by atoms with Gasteiger partial charge in [-0.3, -0.25) is 14.5 Å². The number of imidazole rings is 1. The van der Waals surface area contributed by atoms with Gasteiger partial charge in [0.2, 0.25) is 0 Å². The standard InChI is InChI=1S/C16H14N4O4/c1-2-24-16(21)14-15(17-11-6-4-3-5-7-11)18-13-9-8-12(20(22)23)10-19(13)14/h3-10,17H,2H2,1H3. The molecule has 0 aliphatic heterocycles. The number of rotatable bonds is 5. The van der Waals surface area contributed by atoms with Gasteiger partial charge in [0.15, 0.2) is 11.5 Å². The molecule has 0 aliphatic carbocycles. The SMILES string of the molecule is CCOC(=O)c1c(Nc2ccccc2)nc2ccc([N+](=O)[O-])cn12. The van der Waals surface area contributed by atoms with Crippen LogP contribution in [0, 0.1) is 10.1 Å². The lowest BCUT2D eigenvalue weighted by atomic mass is 10.3. The number of nitrogens with one attached hydrogen (secondary N) is 1. The van der Waals surface area contributed by atoms with Crippen LogP contribution in [-0.4, -0.2) is 26.9 Å². The maximum atomic E-state index is 12.3. The van der Waals surface area contributed by atoms with Crippen LogP contribution in [0.2, 0.25) is 0 Å². The number of pyridine rings is 1. The molecule has 122 valence electrons. The Hall–Kier alpha value is -3.42. The number of carbonyl (C=O) groups excluding carboxylic acids is 1. The summed E-state index contributed by atoms with van der Waals surface area (Å²) < 4.78 is 6.43. The highest BCUT2D eigenvalue weighted by Gasteiger charge is 2.22. The number of para-hydroxylation sites is 1. The summed E-state index contributed by atoms with van der Waals surface area (Å²) in [5.41, 5.74) is 1.11. The molecule has 0 radical (unpaired) electrons. The largest absolute Gasteiger partial charge is 0.461 e. The van der Waals surface area contributed by atoms with E-state index in [1.807, 2.05) is 30.3 Å². The number of esters is 1. The first kappa shape index (κ1) is 15.5. The minimum absolute atomic E-state index is 0.111. The molecular formula is C16H14N4O4. The normalized spacial score (nSPS) is 10.5. The third kappa shape index (κ3) is 2.89. The Balaban J connectivity index is 2.14. The monoisotopic (exact) mass is 326 g/mol. The van der Waals surface area contributed by atoms with Crippen molar-refractivity contribution in [3.8, 4) is 0 Å². The molecule has 8 heteroatoms. The van der Waals surface area contributed by atoms with Crippen molar-refractivity contribution in [3.63, 3.8) is 0 Å². The van der Waals surface area contributed by atoms with E-state index in [9.17, 15) is 14.9 Å². The van der Waals surface area contributed by atoms with E-state index in [-0.39, 0.29) is 23.8 Å². The molecule has 0 fully saturated rings. The van der Waals surface area contributed by atoms with Crippen molar-refractivity contribution in [3.05, 3.63) is 64.5 Å². The Labute approximate surface area is 136 Å². The van der Waals surface area contributed by atoms with Crippen molar-refractivity contribution < 1.29 is 14.5 Å². The molecule has 1 aromatic carbocycles. The first-order chi connectivity index (χ1) is 11.6. The van der Waals surface area contributed by atoms with Crippen LogP contribution in [-0.2, 0) is 4.74 Å². The third-order valence-corrected chi connectivity index (χ3v) is 3.32. The quantitative estimate of drug-likeness (QED) is 0.439. The lowest BCUT2D eigenvalue weighted by Crippen LogP contribution is -2.10. The number of fused-ring (bicyclic) bond motifs is 1. The van der Waals surface area contributed by atoms with E-state index in [0.717, 1.165) is 5.69 Å². The maximum absolute atomic E-state index is 12.3. The molecule has 0 atom stereocenters.